The van der Waals surface area contributed by atoms with Crippen LogP contribution in [0.2, 0.25) is 5.02 Å². The molecule has 3 aromatic rings. The van der Waals surface area contributed by atoms with Crippen molar-refractivity contribution in [3.8, 4) is 17.1 Å². The van der Waals surface area contributed by atoms with Gasteiger partial charge in [0, 0.05) is 23.6 Å². The summed E-state index contributed by atoms with van der Waals surface area (Å²) < 4.78 is 45.1. The molecular weight excluding hydrogens is 417 g/mol. The third kappa shape index (κ3) is 5.73. The lowest BCUT2D eigenvalue weighted by Gasteiger charge is -2.17. The van der Waals surface area contributed by atoms with Gasteiger partial charge in [-0.15, -0.1) is 10.2 Å². The highest BCUT2D eigenvalue weighted by Crippen LogP contribution is 2.36. The van der Waals surface area contributed by atoms with Gasteiger partial charge in [0.05, 0.1) is 34.9 Å². The molecule has 0 bridgehead atoms. The van der Waals surface area contributed by atoms with E-state index in [9.17, 15) is 10.1 Å². The number of hydrogen-bond donors (Lipinski definition) is 0. The molecule has 1 heterocycles. The van der Waals surface area contributed by atoms with E-state index < -0.39 is 15.2 Å². The molecule has 0 saturated heterocycles. The van der Waals surface area contributed by atoms with Gasteiger partial charge < -0.3 is 4.74 Å². The number of hydrogen-bond acceptors (Lipinski definition) is 7. The fourth-order valence-electron chi connectivity index (χ4n) is 2.45. The van der Waals surface area contributed by atoms with E-state index in [1.807, 2.05) is 19.1 Å². The van der Waals surface area contributed by atoms with Crippen molar-refractivity contribution in [1.82, 2.24) is 0 Å². The quantitative estimate of drug-likeness (QED) is 0.330. The van der Waals surface area contributed by atoms with Crippen LogP contribution in [0.1, 0.15) is 5.76 Å². The van der Waals surface area contributed by atoms with E-state index in [0.29, 0.717) is 22.3 Å². The number of aryl methyl sites for hydroxylation is 1. The zero-order chi connectivity index (χ0) is 21.1. The van der Waals surface area contributed by atoms with Crippen molar-refractivity contribution in [2.24, 2.45) is 0 Å². The van der Waals surface area contributed by atoms with Crippen LogP contribution in [0.4, 0.5) is 5.69 Å². The van der Waals surface area contributed by atoms with E-state index in [2.05, 4.69) is 0 Å². The second-order valence-electron chi connectivity index (χ2n) is 5.44. The average Bonchev–Trinajstić information content (AvgIpc) is 2.59. The summed E-state index contributed by atoms with van der Waals surface area (Å²) in [4.78, 5) is 10.4. The summed E-state index contributed by atoms with van der Waals surface area (Å²) >= 11 is 6.18. The highest BCUT2D eigenvalue weighted by Gasteiger charge is 2.21. The molecule has 1 aromatic heterocycles. The van der Waals surface area contributed by atoms with Crippen LogP contribution in [0.15, 0.2) is 46.9 Å². The molecule has 0 amide bonds. The molecule has 28 heavy (non-hydrogen) atoms. The van der Waals surface area contributed by atoms with Crippen LogP contribution >= 0.6 is 11.6 Å². The number of benzene rings is 2. The average molecular weight is 430 g/mol. The van der Waals surface area contributed by atoms with Gasteiger partial charge >= 0.3 is 11.5 Å². The molecule has 3 rings (SSSR count). The largest absolute Gasteiger partial charge is 0.495 e. The minimum Gasteiger partial charge on any atom is -0.495 e. The zero-order valence-corrected chi connectivity index (χ0v) is 16.0. The fraction of sp³-hybridized carbons (Fsp3) is 0.118. The molecule has 0 aliphatic heterocycles. The van der Waals surface area contributed by atoms with Gasteiger partial charge in [-0.25, -0.2) is 23.1 Å². The maximum Gasteiger partial charge on any atom is 0.368 e. The molecule has 0 fully saturated rings. The minimum atomic E-state index is -4.94. The molecule has 0 saturated carbocycles. The second kappa shape index (κ2) is 8.65. The Balaban J connectivity index is 0.000000500. The maximum atomic E-state index is 10.8. The number of methoxy groups -OCH3 is 1. The van der Waals surface area contributed by atoms with Gasteiger partial charge in [-0.1, -0.05) is 11.6 Å². The Morgan fingerprint density at radius 1 is 1.07 bits per heavy atom. The molecule has 0 aliphatic rings. The first-order valence-corrected chi connectivity index (χ1v) is 9.08. The SMILES string of the molecule is COc1cc2c(-c3ccc([N+](=O)[O-])cc3)[o+]c(C)cc2cc1Cl.[O-][Cl+3]([O-])([O-])[O-]. The summed E-state index contributed by atoms with van der Waals surface area (Å²) in [6.45, 7) is 1.84. The van der Waals surface area contributed by atoms with Gasteiger partial charge in [-0.2, -0.15) is 0 Å². The van der Waals surface area contributed by atoms with Crippen LogP contribution < -0.4 is 23.4 Å². The summed E-state index contributed by atoms with van der Waals surface area (Å²) in [5.41, 5.74) is 0.778. The van der Waals surface area contributed by atoms with Crippen molar-refractivity contribution in [3.05, 3.63) is 63.4 Å². The van der Waals surface area contributed by atoms with E-state index >= 15 is 0 Å². The Morgan fingerprint density at radius 3 is 2.14 bits per heavy atom. The molecule has 0 unspecified atom stereocenters. The Bertz CT molecular complexity index is 997. The standard InChI is InChI=1S/C17H13ClNO4.ClHO4/c1-10-7-12-8-15(18)16(22-2)9-14(12)17(23-10)11-3-5-13(6-4-11)19(20)21;2-1(3,4)5/h3-9H,1-2H3;(H,2,3,4,5)/q+1;/p-1. The molecule has 0 atom stereocenters. The van der Waals surface area contributed by atoms with Crippen LogP contribution in [0, 0.1) is 27.3 Å². The summed E-state index contributed by atoms with van der Waals surface area (Å²) in [6.07, 6.45) is 0. The van der Waals surface area contributed by atoms with Gasteiger partial charge in [-0.05, 0) is 24.3 Å². The van der Waals surface area contributed by atoms with Crippen LogP contribution in [-0.4, -0.2) is 12.0 Å². The number of nitro groups is 1. The number of rotatable bonds is 3. The van der Waals surface area contributed by atoms with Crippen LogP contribution in [-0.2, 0) is 0 Å². The van der Waals surface area contributed by atoms with Crippen molar-refractivity contribution in [2.75, 3.05) is 7.11 Å². The molecule has 0 aliphatic carbocycles. The molecule has 148 valence electrons. The highest BCUT2D eigenvalue weighted by atomic mass is 35.7. The van der Waals surface area contributed by atoms with Crippen molar-refractivity contribution in [2.45, 2.75) is 6.92 Å². The molecule has 9 nitrogen and oxygen atoms in total. The Kier molecular flexibility index (Phi) is 6.73. The topological polar surface area (TPSA) is 156 Å². The number of nitrogens with zero attached hydrogens (tertiary/aromatic N) is 1. The summed E-state index contributed by atoms with van der Waals surface area (Å²) in [5, 5.41) is 13.0. The molecule has 0 N–H and O–H groups in total. The van der Waals surface area contributed by atoms with Crippen molar-refractivity contribution < 1.29 is 43.0 Å². The molecule has 11 heteroatoms. The lowest BCUT2D eigenvalue weighted by atomic mass is 10.0. The molecule has 0 spiro atoms. The Morgan fingerprint density at radius 2 is 1.64 bits per heavy atom. The van der Waals surface area contributed by atoms with Gasteiger partial charge in [0.25, 0.3) is 5.69 Å². The van der Waals surface area contributed by atoms with Crippen molar-refractivity contribution in [1.29, 1.82) is 0 Å². The monoisotopic (exact) mass is 429 g/mol. The Hall–Kier alpha value is -2.53. The van der Waals surface area contributed by atoms with Crippen LogP contribution in [0.5, 0.6) is 5.75 Å². The molecule has 2 aromatic carbocycles. The lowest BCUT2D eigenvalue weighted by molar-refractivity contribution is -2.00. The first-order chi connectivity index (χ1) is 13.0. The normalized spacial score (nSPS) is 11.0. The van der Waals surface area contributed by atoms with Crippen LogP contribution in [0.25, 0.3) is 22.1 Å². The number of non-ortho nitro benzene ring substituents is 1. The predicted octanol–water partition coefficient (Wildman–Crippen LogP) is 0.504. The fourth-order valence-corrected chi connectivity index (χ4v) is 2.70. The van der Waals surface area contributed by atoms with Crippen LogP contribution in [0.3, 0.4) is 0 Å². The van der Waals surface area contributed by atoms with E-state index in [-0.39, 0.29) is 5.69 Å². The third-order valence-electron chi connectivity index (χ3n) is 3.53. The highest BCUT2D eigenvalue weighted by molar-refractivity contribution is 6.33. The summed E-state index contributed by atoms with van der Waals surface area (Å²) in [5.74, 6) is 1.87. The lowest BCUT2D eigenvalue weighted by Crippen LogP contribution is -2.68. The summed E-state index contributed by atoms with van der Waals surface area (Å²) in [6, 6.07) is 11.7. The zero-order valence-electron chi connectivity index (χ0n) is 14.5. The van der Waals surface area contributed by atoms with Gasteiger partial charge in [-0.3, -0.25) is 10.1 Å². The Labute approximate surface area is 165 Å². The number of fused-ring (bicyclic) bond motifs is 1. The first kappa shape index (κ1) is 21.8. The van der Waals surface area contributed by atoms with E-state index in [1.54, 1.807) is 25.3 Å². The van der Waals surface area contributed by atoms with E-state index in [0.717, 1.165) is 16.3 Å². The van der Waals surface area contributed by atoms with Gasteiger partial charge in [0.2, 0.25) is 0 Å². The van der Waals surface area contributed by atoms with Gasteiger partial charge in [0.1, 0.15) is 5.75 Å². The number of halogens is 2. The second-order valence-corrected chi connectivity index (χ2v) is 6.61. The first-order valence-electron chi connectivity index (χ1n) is 7.47. The summed E-state index contributed by atoms with van der Waals surface area (Å²) in [7, 11) is -3.40. The molecular formula is C17H13Cl2NO8. The third-order valence-corrected chi connectivity index (χ3v) is 3.83. The van der Waals surface area contributed by atoms with Crippen molar-refractivity contribution >= 4 is 28.1 Å². The van der Waals surface area contributed by atoms with E-state index in [4.69, 9.17) is 39.4 Å². The maximum absolute atomic E-state index is 10.8. The smallest absolute Gasteiger partial charge is 0.368 e. The number of nitro benzene ring substituents is 1. The molecule has 0 radical (unpaired) electrons. The van der Waals surface area contributed by atoms with Crippen molar-refractivity contribution in [3.63, 3.8) is 0 Å². The minimum absolute atomic E-state index is 0.0336. The van der Waals surface area contributed by atoms with E-state index in [1.165, 1.54) is 12.1 Å². The number of ether oxygens (including phenoxy) is 1. The van der Waals surface area contributed by atoms with Gasteiger partial charge in [0.15, 0.2) is 0 Å². The predicted molar refractivity (Wildman–Crippen MR) is 89.0 cm³/mol.